The number of rotatable bonds is 9. The summed E-state index contributed by atoms with van der Waals surface area (Å²) < 4.78 is 11.6. The first-order chi connectivity index (χ1) is 15.3. The van der Waals surface area contributed by atoms with Gasteiger partial charge in [-0.15, -0.1) is 0 Å². The average molecular weight is 502 g/mol. The summed E-state index contributed by atoms with van der Waals surface area (Å²) in [5.74, 6) is -0.436. The maximum absolute atomic E-state index is 13.0. The fraction of sp³-hybridized carbons (Fsp3) is 0.360. The number of nitrogens with zero attached hydrogens (tertiary/aromatic N) is 1. The van der Waals surface area contributed by atoms with Crippen LogP contribution in [0.5, 0.6) is 5.75 Å². The third-order valence-corrected chi connectivity index (χ3v) is 5.66. The Morgan fingerprint density at radius 2 is 1.88 bits per heavy atom. The Bertz CT molecular complexity index is 1000. The number of hydrogen-bond acceptors (Lipinski definition) is 5. The van der Waals surface area contributed by atoms with Crippen molar-refractivity contribution in [1.29, 1.82) is 0 Å². The van der Waals surface area contributed by atoms with Crippen molar-refractivity contribution in [2.45, 2.75) is 26.3 Å². The van der Waals surface area contributed by atoms with Crippen LogP contribution in [0.15, 0.2) is 58.6 Å². The van der Waals surface area contributed by atoms with Crippen molar-refractivity contribution in [3.8, 4) is 5.75 Å². The quantitative estimate of drug-likeness (QED) is 0.228. The molecule has 6 nitrogen and oxygen atoms in total. The molecule has 0 aliphatic carbocycles. The summed E-state index contributed by atoms with van der Waals surface area (Å²) in [6, 6.07) is 13.6. The van der Waals surface area contributed by atoms with E-state index in [1.54, 1.807) is 31.4 Å². The first kappa shape index (κ1) is 24.0. The molecule has 1 saturated heterocycles. The number of ether oxygens (including phenoxy) is 2. The highest BCUT2D eigenvalue weighted by atomic mass is 79.9. The number of carbonyl (C=O) groups excluding carboxylic acids is 2. The predicted molar refractivity (Wildman–Crippen MR) is 126 cm³/mol. The van der Waals surface area contributed by atoms with Crippen LogP contribution < -0.4 is 4.74 Å². The standard InChI is InChI=1S/C25H28BrNO5/c1-16(2)15-32-20-10-8-17(9-11-20)23(28)21-22(18-6-4-7-19(26)14-18)27(12-5-13-31-3)25(30)24(21)29/h4,6-11,14,16,22,28H,5,12-13,15H2,1-3H3/b23-21+. The van der Waals surface area contributed by atoms with Gasteiger partial charge in [-0.25, -0.2) is 0 Å². The molecule has 1 fully saturated rings. The number of methoxy groups -OCH3 is 1. The highest BCUT2D eigenvalue weighted by molar-refractivity contribution is 9.10. The molecule has 1 N–H and O–H groups in total. The van der Waals surface area contributed by atoms with Crippen molar-refractivity contribution in [3.63, 3.8) is 0 Å². The number of amides is 1. The minimum atomic E-state index is -0.690. The summed E-state index contributed by atoms with van der Waals surface area (Å²) in [5.41, 5.74) is 1.28. The highest BCUT2D eigenvalue weighted by Crippen LogP contribution is 2.40. The maximum atomic E-state index is 13.0. The third-order valence-electron chi connectivity index (χ3n) is 5.16. The Morgan fingerprint density at radius 3 is 2.50 bits per heavy atom. The summed E-state index contributed by atoms with van der Waals surface area (Å²) in [6.07, 6.45) is 0.579. The summed E-state index contributed by atoms with van der Waals surface area (Å²) >= 11 is 3.46. The van der Waals surface area contributed by atoms with E-state index in [9.17, 15) is 14.7 Å². The number of hydrogen-bond donors (Lipinski definition) is 1. The zero-order chi connectivity index (χ0) is 23.3. The molecule has 170 valence electrons. The zero-order valence-electron chi connectivity index (χ0n) is 18.5. The molecule has 0 saturated carbocycles. The Kier molecular flexibility index (Phi) is 8.10. The summed E-state index contributed by atoms with van der Waals surface area (Å²) in [6.45, 7) is 5.52. The largest absolute Gasteiger partial charge is 0.507 e. The Morgan fingerprint density at radius 1 is 1.16 bits per heavy atom. The molecule has 2 aromatic rings. The second-order valence-corrected chi connectivity index (χ2v) is 9.04. The zero-order valence-corrected chi connectivity index (χ0v) is 20.1. The van der Waals surface area contributed by atoms with E-state index in [0.717, 1.165) is 10.0 Å². The number of Topliss-reactive ketones (excluding diaryl/α,β-unsaturated/α-hetero) is 1. The Labute approximate surface area is 197 Å². The molecule has 2 aromatic carbocycles. The minimum Gasteiger partial charge on any atom is -0.507 e. The van der Waals surface area contributed by atoms with E-state index in [0.29, 0.717) is 43.4 Å². The molecule has 1 aliphatic rings. The second kappa shape index (κ2) is 10.8. The molecule has 0 spiro atoms. The molecule has 32 heavy (non-hydrogen) atoms. The summed E-state index contributed by atoms with van der Waals surface area (Å²) in [4.78, 5) is 27.4. The molecule has 0 aromatic heterocycles. The molecule has 1 atom stereocenters. The molecular weight excluding hydrogens is 474 g/mol. The van der Waals surface area contributed by atoms with Crippen molar-refractivity contribution in [1.82, 2.24) is 4.90 Å². The van der Waals surface area contributed by atoms with E-state index >= 15 is 0 Å². The van der Waals surface area contributed by atoms with Crippen LogP contribution in [0.25, 0.3) is 5.76 Å². The van der Waals surface area contributed by atoms with Gasteiger partial charge in [0.1, 0.15) is 11.5 Å². The van der Waals surface area contributed by atoms with Crippen molar-refractivity contribution >= 4 is 33.4 Å². The lowest BCUT2D eigenvalue weighted by Crippen LogP contribution is -2.31. The van der Waals surface area contributed by atoms with Gasteiger partial charge in [-0.05, 0) is 54.3 Å². The molecule has 3 rings (SSSR count). The van der Waals surface area contributed by atoms with Crippen LogP contribution in [0, 0.1) is 5.92 Å². The van der Waals surface area contributed by atoms with Gasteiger partial charge >= 0.3 is 0 Å². The predicted octanol–water partition coefficient (Wildman–Crippen LogP) is 4.94. The van der Waals surface area contributed by atoms with Crippen molar-refractivity contribution in [2.75, 3.05) is 26.9 Å². The topological polar surface area (TPSA) is 76.1 Å². The number of carbonyl (C=O) groups is 2. The van der Waals surface area contributed by atoms with Crippen LogP contribution >= 0.6 is 15.9 Å². The fourth-order valence-corrected chi connectivity index (χ4v) is 4.06. The molecule has 1 aliphatic heterocycles. The second-order valence-electron chi connectivity index (χ2n) is 8.12. The van der Waals surface area contributed by atoms with Gasteiger partial charge in [0.2, 0.25) is 0 Å². The van der Waals surface area contributed by atoms with Crippen LogP contribution in [-0.2, 0) is 14.3 Å². The molecular formula is C25H28BrNO5. The van der Waals surface area contributed by atoms with Crippen molar-refractivity contribution in [2.24, 2.45) is 5.92 Å². The number of ketones is 1. The lowest BCUT2D eigenvalue weighted by molar-refractivity contribution is -0.140. The van der Waals surface area contributed by atoms with Crippen molar-refractivity contribution in [3.05, 3.63) is 69.7 Å². The summed E-state index contributed by atoms with van der Waals surface area (Å²) in [5, 5.41) is 11.1. The van der Waals surface area contributed by atoms with E-state index in [1.807, 2.05) is 24.3 Å². The summed E-state index contributed by atoms with van der Waals surface area (Å²) in [7, 11) is 1.59. The van der Waals surface area contributed by atoms with E-state index < -0.39 is 17.7 Å². The van der Waals surface area contributed by atoms with Gasteiger partial charge in [0.15, 0.2) is 0 Å². The Balaban J connectivity index is 2.01. The molecule has 0 radical (unpaired) electrons. The van der Waals surface area contributed by atoms with Gasteiger partial charge in [-0.3, -0.25) is 9.59 Å². The molecule has 1 heterocycles. The van der Waals surface area contributed by atoms with Crippen LogP contribution in [0.2, 0.25) is 0 Å². The number of halogens is 1. The van der Waals surface area contributed by atoms with E-state index in [2.05, 4.69) is 29.8 Å². The number of benzene rings is 2. The van der Waals surface area contributed by atoms with Crippen LogP contribution in [0.4, 0.5) is 0 Å². The number of likely N-dealkylation sites (tertiary alicyclic amines) is 1. The lowest BCUT2D eigenvalue weighted by atomic mass is 9.95. The van der Waals surface area contributed by atoms with Gasteiger partial charge in [0.05, 0.1) is 18.2 Å². The monoisotopic (exact) mass is 501 g/mol. The first-order valence-electron chi connectivity index (χ1n) is 10.6. The normalized spacial score (nSPS) is 17.9. The Hall–Kier alpha value is -2.64. The van der Waals surface area contributed by atoms with Gasteiger partial charge in [0, 0.05) is 30.3 Å². The number of aliphatic hydroxyl groups excluding tert-OH is 1. The molecule has 1 unspecified atom stereocenters. The maximum Gasteiger partial charge on any atom is 0.295 e. The lowest BCUT2D eigenvalue weighted by Gasteiger charge is -2.25. The van der Waals surface area contributed by atoms with E-state index in [4.69, 9.17) is 9.47 Å². The van der Waals surface area contributed by atoms with Crippen LogP contribution in [0.3, 0.4) is 0 Å². The third kappa shape index (κ3) is 5.40. The van der Waals surface area contributed by atoms with Gasteiger partial charge in [0.25, 0.3) is 11.7 Å². The van der Waals surface area contributed by atoms with Gasteiger partial charge in [-0.1, -0.05) is 41.9 Å². The van der Waals surface area contributed by atoms with Gasteiger partial charge < -0.3 is 19.5 Å². The molecule has 1 amide bonds. The fourth-order valence-electron chi connectivity index (χ4n) is 3.64. The SMILES string of the molecule is COCCCN1C(=O)C(=O)/C(=C(/O)c2ccc(OCC(C)C)cc2)C1c1cccc(Br)c1. The number of aliphatic hydroxyl groups is 1. The molecule has 7 heteroatoms. The van der Waals surface area contributed by atoms with Gasteiger partial charge in [-0.2, -0.15) is 0 Å². The van der Waals surface area contributed by atoms with E-state index in [1.165, 1.54) is 4.90 Å². The first-order valence-corrected chi connectivity index (χ1v) is 11.4. The highest BCUT2D eigenvalue weighted by Gasteiger charge is 2.45. The smallest absolute Gasteiger partial charge is 0.295 e. The minimum absolute atomic E-state index is 0.0846. The van der Waals surface area contributed by atoms with Crippen LogP contribution in [-0.4, -0.2) is 48.6 Å². The molecule has 0 bridgehead atoms. The average Bonchev–Trinajstić information content (AvgIpc) is 3.03. The van der Waals surface area contributed by atoms with Crippen molar-refractivity contribution < 1.29 is 24.2 Å². The van der Waals surface area contributed by atoms with E-state index in [-0.39, 0.29) is 11.3 Å². The van der Waals surface area contributed by atoms with Crippen LogP contribution in [0.1, 0.15) is 37.4 Å².